The van der Waals surface area contributed by atoms with Crippen molar-refractivity contribution in [3.05, 3.63) is 0 Å². The molecule has 0 aromatic carbocycles. The van der Waals surface area contributed by atoms with Crippen LogP contribution in [0.4, 0.5) is 0 Å². The van der Waals surface area contributed by atoms with Crippen LogP contribution in [0, 0.1) is 0 Å². The second kappa shape index (κ2) is 14.5. The Hall–Kier alpha value is -0.570. The summed E-state index contributed by atoms with van der Waals surface area (Å²) in [6, 6.07) is 0. The first-order valence-electron chi connectivity index (χ1n) is 8.03. The first-order chi connectivity index (χ1) is 9.18. The van der Waals surface area contributed by atoms with Gasteiger partial charge in [-0.2, -0.15) is 0 Å². The Balaban J connectivity index is 3.05. The van der Waals surface area contributed by atoms with Gasteiger partial charge in [-0.25, -0.2) is 4.79 Å². The number of carbonyl (C=O) groups is 1. The Morgan fingerprint density at radius 3 is 1.83 bits per heavy atom. The van der Waals surface area contributed by atoms with Crippen LogP contribution in [0.5, 0.6) is 0 Å². The summed E-state index contributed by atoms with van der Waals surface area (Å²) in [6.07, 6.45) is 13.8. The van der Waals surface area contributed by atoms with Crippen molar-refractivity contribution in [2.24, 2.45) is 0 Å². The third kappa shape index (κ3) is 15.4. The fourth-order valence-corrected chi connectivity index (χ4v) is 1.98. The van der Waals surface area contributed by atoms with Gasteiger partial charge in [0.25, 0.3) is 0 Å². The second-order valence-electron chi connectivity index (χ2n) is 4.86. The van der Waals surface area contributed by atoms with Crippen molar-refractivity contribution < 1.29 is 16.0 Å². The predicted molar refractivity (Wildman–Crippen MR) is 74.9 cm³/mol. The molecule has 1 atom stereocenters. The molecule has 0 aliphatic rings. The molecule has 3 heteroatoms. The van der Waals surface area contributed by atoms with E-state index in [4.69, 9.17) is 11.2 Å². The van der Waals surface area contributed by atoms with E-state index in [1.807, 2.05) is 0 Å². The lowest BCUT2D eigenvalue weighted by molar-refractivity contribution is -0.142. The van der Waals surface area contributed by atoms with Crippen molar-refractivity contribution in [2.75, 3.05) is 13.2 Å². The average Bonchev–Trinajstić information content (AvgIpc) is 2.39. The van der Waals surface area contributed by atoms with Crippen molar-refractivity contribution in [1.29, 1.82) is 0 Å². The number of carboxylic acids is 1. The molecule has 0 amide bonds. The van der Waals surface area contributed by atoms with Crippen molar-refractivity contribution in [1.82, 2.24) is 0 Å². The fourth-order valence-electron chi connectivity index (χ4n) is 1.98. The van der Waals surface area contributed by atoms with E-state index >= 15 is 0 Å². The van der Waals surface area contributed by atoms with Gasteiger partial charge in [-0.1, -0.05) is 71.1 Å². The number of carboxylic acid groups (broad SMARTS) is 1. The summed E-state index contributed by atoms with van der Waals surface area (Å²) >= 11 is 0. The SMILES string of the molecule is [3H]C(OCCCCCCCCCCCCC)C(=O)O. The predicted octanol–water partition coefficient (Wildman–Crippen LogP) is 4.40. The third-order valence-corrected chi connectivity index (χ3v) is 3.05. The molecular weight excluding hydrogens is 228 g/mol. The molecule has 18 heavy (non-hydrogen) atoms. The summed E-state index contributed by atoms with van der Waals surface area (Å²) in [5, 5.41) is 8.45. The average molecular weight is 260 g/mol. The van der Waals surface area contributed by atoms with Crippen LogP contribution >= 0.6 is 0 Å². The lowest BCUT2D eigenvalue weighted by Gasteiger charge is -2.03. The fraction of sp³-hybridized carbons (Fsp3) is 0.933. The Labute approximate surface area is 113 Å². The maximum Gasteiger partial charge on any atom is 0.329 e. The summed E-state index contributed by atoms with van der Waals surface area (Å²) in [7, 11) is 0. The van der Waals surface area contributed by atoms with E-state index in [-0.39, 0.29) is 0 Å². The number of ether oxygens (including phenoxy) is 1. The highest BCUT2D eigenvalue weighted by Crippen LogP contribution is 2.11. The Morgan fingerprint density at radius 2 is 1.39 bits per heavy atom. The van der Waals surface area contributed by atoms with E-state index in [0.717, 1.165) is 12.8 Å². The zero-order valence-electron chi connectivity index (χ0n) is 12.8. The first kappa shape index (κ1) is 15.5. The van der Waals surface area contributed by atoms with Crippen LogP contribution in [0.1, 0.15) is 78.9 Å². The molecule has 0 spiro atoms. The summed E-state index contributed by atoms with van der Waals surface area (Å²) in [4.78, 5) is 10.3. The van der Waals surface area contributed by atoms with Gasteiger partial charge < -0.3 is 9.84 Å². The Morgan fingerprint density at radius 1 is 0.944 bits per heavy atom. The first-order valence-corrected chi connectivity index (χ1v) is 7.45. The van der Waals surface area contributed by atoms with Gasteiger partial charge in [-0.05, 0) is 6.42 Å². The molecule has 0 aliphatic carbocycles. The largest absolute Gasteiger partial charge is 0.480 e. The molecule has 0 aliphatic heterocycles. The lowest BCUT2D eigenvalue weighted by Crippen LogP contribution is -2.07. The third-order valence-electron chi connectivity index (χ3n) is 3.05. The number of hydrogen-bond acceptors (Lipinski definition) is 2. The lowest BCUT2D eigenvalue weighted by atomic mass is 10.1. The number of hydrogen-bond donors (Lipinski definition) is 1. The van der Waals surface area contributed by atoms with Crippen LogP contribution in [0.3, 0.4) is 0 Å². The van der Waals surface area contributed by atoms with Crippen molar-refractivity contribution in [3.63, 3.8) is 0 Å². The smallest absolute Gasteiger partial charge is 0.329 e. The minimum atomic E-state index is -1.41. The van der Waals surface area contributed by atoms with E-state index in [9.17, 15) is 4.79 Å². The van der Waals surface area contributed by atoms with E-state index in [0.29, 0.717) is 6.61 Å². The summed E-state index contributed by atoms with van der Waals surface area (Å²) in [6.45, 7) is 1.21. The van der Waals surface area contributed by atoms with E-state index in [1.165, 1.54) is 57.8 Å². The summed E-state index contributed by atoms with van der Waals surface area (Å²) in [5.74, 6) is -1.21. The normalized spacial score (nSPS) is 13.3. The van der Waals surface area contributed by atoms with Gasteiger partial charge in [0, 0.05) is 6.61 Å². The van der Waals surface area contributed by atoms with Gasteiger partial charge in [0.2, 0.25) is 0 Å². The Kier molecular flexibility index (Phi) is 12.5. The van der Waals surface area contributed by atoms with Gasteiger partial charge in [0.15, 0.2) is 0 Å². The maximum atomic E-state index is 10.3. The van der Waals surface area contributed by atoms with Gasteiger partial charge in [-0.15, -0.1) is 0 Å². The topological polar surface area (TPSA) is 46.5 Å². The van der Waals surface area contributed by atoms with Crippen LogP contribution in [0.25, 0.3) is 0 Å². The van der Waals surface area contributed by atoms with Crippen LogP contribution in [-0.2, 0) is 9.53 Å². The van der Waals surface area contributed by atoms with Crippen LogP contribution in [0.2, 0.25) is 0 Å². The number of rotatable bonds is 14. The minimum Gasteiger partial charge on any atom is -0.480 e. The van der Waals surface area contributed by atoms with Gasteiger partial charge >= 0.3 is 5.97 Å². The zero-order chi connectivity index (χ0) is 14.3. The summed E-state index contributed by atoms with van der Waals surface area (Å²) < 4.78 is 11.9. The van der Waals surface area contributed by atoms with E-state index < -0.39 is 12.6 Å². The van der Waals surface area contributed by atoms with E-state index in [2.05, 4.69) is 6.92 Å². The molecule has 0 saturated heterocycles. The van der Waals surface area contributed by atoms with Gasteiger partial charge in [0.1, 0.15) is 6.58 Å². The Bertz CT molecular complexity index is 210. The van der Waals surface area contributed by atoms with Crippen LogP contribution < -0.4 is 0 Å². The maximum absolute atomic E-state index is 10.3. The van der Waals surface area contributed by atoms with Gasteiger partial charge in [-0.3, -0.25) is 0 Å². The molecule has 0 fully saturated rings. The molecule has 0 saturated carbocycles. The number of unbranched alkanes of at least 4 members (excludes halogenated alkanes) is 10. The van der Waals surface area contributed by atoms with E-state index in [1.54, 1.807) is 0 Å². The highest BCUT2D eigenvalue weighted by atomic mass is 16.5. The zero-order valence-corrected chi connectivity index (χ0v) is 11.8. The van der Waals surface area contributed by atoms with Crippen LogP contribution in [-0.4, -0.2) is 24.3 Å². The van der Waals surface area contributed by atoms with Crippen molar-refractivity contribution in [3.8, 4) is 0 Å². The molecule has 0 rings (SSSR count). The molecule has 108 valence electrons. The van der Waals surface area contributed by atoms with Crippen molar-refractivity contribution in [2.45, 2.75) is 77.6 Å². The molecule has 0 bridgehead atoms. The molecule has 0 heterocycles. The quantitative estimate of drug-likeness (QED) is 0.471. The van der Waals surface area contributed by atoms with Crippen molar-refractivity contribution >= 4 is 5.97 Å². The monoisotopic (exact) mass is 260 g/mol. The molecule has 3 nitrogen and oxygen atoms in total. The highest BCUT2D eigenvalue weighted by molar-refractivity contribution is 5.67. The minimum absolute atomic E-state index is 0.386. The molecule has 0 radical (unpaired) electrons. The molecule has 1 N–H and O–H groups in total. The summed E-state index contributed by atoms with van der Waals surface area (Å²) in [5.41, 5.74) is 0. The standard InChI is InChI=1S/C15H30O3/c1-2-3-4-5-6-7-8-9-10-11-12-13-18-14-15(16)17/h2-14H2,1H3,(H,16,17)/i14T. The van der Waals surface area contributed by atoms with Crippen LogP contribution in [0.15, 0.2) is 0 Å². The molecular formula is C15H30O3. The second-order valence-corrected chi connectivity index (χ2v) is 4.86. The van der Waals surface area contributed by atoms with Gasteiger partial charge in [0.05, 0.1) is 1.37 Å². The highest BCUT2D eigenvalue weighted by Gasteiger charge is 1.96. The molecule has 1 unspecified atom stereocenters. The molecule has 0 aromatic heterocycles. The number of aliphatic carboxylic acids is 1. The molecule has 0 aromatic rings.